The zero-order chi connectivity index (χ0) is 21.2. The number of ether oxygens (including phenoxy) is 1. The topological polar surface area (TPSA) is 66.5 Å². The summed E-state index contributed by atoms with van der Waals surface area (Å²) in [5.41, 5.74) is 1.19. The lowest BCUT2D eigenvalue weighted by Crippen LogP contribution is -2.63. The molecule has 0 spiro atoms. The van der Waals surface area contributed by atoms with E-state index in [9.17, 15) is 4.79 Å². The van der Waals surface area contributed by atoms with Crippen LogP contribution in [0.2, 0.25) is 0 Å². The SMILES string of the molecule is Cc1ccc2ccnc(NCC(=O)NC3CN(C4CCC(C5CCCO5)CC4)C3)c2c1. The maximum Gasteiger partial charge on any atom is 0.239 e. The number of aryl methyl sites for hydroxylation is 1. The average Bonchev–Trinajstić information content (AvgIpc) is 3.29. The molecular formula is C25H34N4O2. The second-order valence-corrected chi connectivity index (χ2v) is 9.58. The fraction of sp³-hybridized carbons (Fsp3) is 0.600. The first-order valence-corrected chi connectivity index (χ1v) is 11.9. The molecule has 3 heterocycles. The summed E-state index contributed by atoms with van der Waals surface area (Å²) >= 11 is 0. The van der Waals surface area contributed by atoms with Crippen LogP contribution in [0.15, 0.2) is 30.5 Å². The number of rotatable bonds is 6. The number of aromatic nitrogens is 1. The maximum absolute atomic E-state index is 12.5. The molecule has 2 saturated heterocycles. The van der Waals surface area contributed by atoms with Crippen LogP contribution in [0.3, 0.4) is 0 Å². The van der Waals surface area contributed by atoms with Gasteiger partial charge in [-0.05, 0) is 68.9 Å². The molecule has 3 fully saturated rings. The number of hydrogen-bond donors (Lipinski definition) is 2. The van der Waals surface area contributed by atoms with Gasteiger partial charge in [0.15, 0.2) is 0 Å². The molecule has 1 aromatic carbocycles. The second-order valence-electron chi connectivity index (χ2n) is 9.58. The molecule has 31 heavy (non-hydrogen) atoms. The van der Waals surface area contributed by atoms with Gasteiger partial charge in [0.05, 0.1) is 18.7 Å². The van der Waals surface area contributed by atoms with Crippen molar-refractivity contribution in [3.63, 3.8) is 0 Å². The Hall–Kier alpha value is -2.18. The molecular weight excluding hydrogens is 388 g/mol. The van der Waals surface area contributed by atoms with Crippen molar-refractivity contribution in [2.45, 2.75) is 63.6 Å². The monoisotopic (exact) mass is 422 g/mol. The molecule has 5 rings (SSSR count). The number of nitrogens with one attached hydrogen (secondary N) is 2. The summed E-state index contributed by atoms with van der Waals surface area (Å²) in [6.07, 6.45) is 9.96. The summed E-state index contributed by atoms with van der Waals surface area (Å²) in [6, 6.07) is 9.25. The van der Waals surface area contributed by atoms with Crippen molar-refractivity contribution in [1.82, 2.24) is 15.2 Å². The normalized spacial score (nSPS) is 27.2. The molecule has 166 valence electrons. The van der Waals surface area contributed by atoms with Crippen LogP contribution in [0.5, 0.6) is 0 Å². The van der Waals surface area contributed by atoms with Crippen LogP contribution in [0, 0.1) is 12.8 Å². The predicted octanol–water partition coefficient (Wildman–Crippen LogP) is 3.49. The molecule has 6 heteroatoms. The Bertz CT molecular complexity index is 913. The van der Waals surface area contributed by atoms with E-state index < -0.39 is 0 Å². The Morgan fingerprint density at radius 2 is 2.00 bits per heavy atom. The van der Waals surface area contributed by atoms with Gasteiger partial charge in [0.2, 0.25) is 5.91 Å². The second kappa shape index (κ2) is 9.13. The molecule has 2 N–H and O–H groups in total. The van der Waals surface area contributed by atoms with Crippen LogP contribution in [0.1, 0.15) is 44.1 Å². The van der Waals surface area contributed by atoms with Crippen LogP contribution in [-0.2, 0) is 9.53 Å². The van der Waals surface area contributed by atoms with Crippen molar-refractivity contribution >= 4 is 22.5 Å². The summed E-state index contributed by atoms with van der Waals surface area (Å²) in [5.74, 6) is 1.58. The van der Waals surface area contributed by atoms with Crippen LogP contribution < -0.4 is 10.6 Å². The lowest BCUT2D eigenvalue weighted by molar-refractivity contribution is -0.121. The molecule has 3 aliphatic rings. The zero-order valence-corrected chi connectivity index (χ0v) is 18.5. The Morgan fingerprint density at radius 3 is 2.77 bits per heavy atom. The molecule has 1 aromatic heterocycles. The van der Waals surface area contributed by atoms with E-state index in [0.29, 0.717) is 12.1 Å². The molecule has 0 bridgehead atoms. The number of carbonyl (C=O) groups is 1. The number of likely N-dealkylation sites (tertiary alicyclic amines) is 1. The van der Waals surface area contributed by atoms with Gasteiger partial charge in [-0.3, -0.25) is 9.69 Å². The summed E-state index contributed by atoms with van der Waals surface area (Å²) in [4.78, 5) is 19.4. The van der Waals surface area contributed by atoms with Gasteiger partial charge in [0.1, 0.15) is 5.82 Å². The van der Waals surface area contributed by atoms with E-state index in [1.165, 1.54) is 44.1 Å². The maximum atomic E-state index is 12.5. The third kappa shape index (κ3) is 4.70. The average molecular weight is 423 g/mol. The first-order valence-electron chi connectivity index (χ1n) is 11.9. The van der Waals surface area contributed by atoms with E-state index in [-0.39, 0.29) is 18.5 Å². The Balaban J connectivity index is 1.05. The van der Waals surface area contributed by atoms with E-state index in [4.69, 9.17) is 4.74 Å². The Kier molecular flexibility index (Phi) is 6.10. The third-order valence-electron chi connectivity index (χ3n) is 7.36. The summed E-state index contributed by atoms with van der Waals surface area (Å²) < 4.78 is 5.90. The van der Waals surface area contributed by atoms with Gasteiger partial charge < -0.3 is 15.4 Å². The highest BCUT2D eigenvalue weighted by molar-refractivity contribution is 5.93. The van der Waals surface area contributed by atoms with Crippen molar-refractivity contribution in [1.29, 1.82) is 0 Å². The number of nitrogens with zero attached hydrogens (tertiary/aromatic N) is 2. The number of carbonyl (C=O) groups excluding carboxylic acids is 1. The Morgan fingerprint density at radius 1 is 1.16 bits per heavy atom. The fourth-order valence-corrected chi connectivity index (χ4v) is 5.58. The fourth-order valence-electron chi connectivity index (χ4n) is 5.58. The summed E-state index contributed by atoms with van der Waals surface area (Å²) in [6.45, 7) is 5.24. The number of benzene rings is 1. The van der Waals surface area contributed by atoms with Gasteiger partial charge >= 0.3 is 0 Å². The highest BCUT2D eigenvalue weighted by Gasteiger charge is 2.37. The van der Waals surface area contributed by atoms with Gasteiger partial charge in [-0.15, -0.1) is 0 Å². The summed E-state index contributed by atoms with van der Waals surface area (Å²) in [5, 5.41) is 8.59. The number of fused-ring (bicyclic) bond motifs is 1. The quantitative estimate of drug-likeness (QED) is 0.746. The number of anilines is 1. The van der Waals surface area contributed by atoms with Crippen molar-refractivity contribution < 1.29 is 9.53 Å². The summed E-state index contributed by atoms with van der Waals surface area (Å²) in [7, 11) is 0. The molecule has 1 unspecified atom stereocenters. The van der Waals surface area contributed by atoms with Crippen molar-refractivity contribution in [2.24, 2.45) is 5.92 Å². The van der Waals surface area contributed by atoms with E-state index in [2.05, 4.69) is 45.6 Å². The molecule has 1 saturated carbocycles. The van der Waals surface area contributed by atoms with Crippen LogP contribution in [0.4, 0.5) is 5.82 Å². The lowest BCUT2D eigenvalue weighted by Gasteiger charge is -2.47. The number of pyridine rings is 1. The molecule has 0 radical (unpaired) electrons. The molecule has 1 amide bonds. The number of amides is 1. The largest absolute Gasteiger partial charge is 0.378 e. The predicted molar refractivity (Wildman–Crippen MR) is 123 cm³/mol. The highest BCUT2D eigenvalue weighted by atomic mass is 16.5. The van der Waals surface area contributed by atoms with Crippen LogP contribution in [0.25, 0.3) is 10.8 Å². The first-order chi connectivity index (χ1) is 15.2. The van der Waals surface area contributed by atoms with E-state index in [0.717, 1.165) is 42.2 Å². The van der Waals surface area contributed by atoms with Gasteiger partial charge in [-0.2, -0.15) is 0 Å². The first kappa shape index (κ1) is 20.7. The van der Waals surface area contributed by atoms with Gasteiger partial charge in [-0.1, -0.05) is 17.7 Å². The standard InChI is InChI=1S/C25H34N4O2/c1-17-4-5-18-10-11-26-25(22(18)13-17)27-14-24(30)28-20-15-29(16-20)21-8-6-19(7-9-21)23-3-2-12-31-23/h4-5,10-11,13,19-21,23H,2-3,6-9,12,14-16H2,1H3,(H,26,27)(H,28,30). The van der Waals surface area contributed by atoms with Gasteiger partial charge in [-0.25, -0.2) is 4.98 Å². The molecule has 1 aliphatic carbocycles. The molecule has 1 atom stereocenters. The minimum atomic E-state index is 0.0400. The van der Waals surface area contributed by atoms with E-state index in [1.807, 2.05) is 6.07 Å². The van der Waals surface area contributed by atoms with E-state index >= 15 is 0 Å². The van der Waals surface area contributed by atoms with Crippen LogP contribution in [-0.4, -0.2) is 60.2 Å². The Labute approximate surface area is 184 Å². The van der Waals surface area contributed by atoms with Crippen molar-refractivity contribution in [3.05, 3.63) is 36.0 Å². The highest BCUT2D eigenvalue weighted by Crippen LogP contribution is 2.35. The van der Waals surface area contributed by atoms with Gasteiger partial charge in [0.25, 0.3) is 0 Å². The molecule has 2 aromatic rings. The third-order valence-corrected chi connectivity index (χ3v) is 7.36. The van der Waals surface area contributed by atoms with E-state index in [1.54, 1.807) is 6.20 Å². The van der Waals surface area contributed by atoms with Crippen molar-refractivity contribution in [3.8, 4) is 0 Å². The van der Waals surface area contributed by atoms with Gasteiger partial charge in [0, 0.05) is 37.3 Å². The molecule has 2 aliphatic heterocycles. The van der Waals surface area contributed by atoms with Crippen molar-refractivity contribution in [2.75, 3.05) is 31.6 Å². The smallest absolute Gasteiger partial charge is 0.239 e. The zero-order valence-electron chi connectivity index (χ0n) is 18.5. The minimum absolute atomic E-state index is 0.0400. The minimum Gasteiger partial charge on any atom is -0.378 e. The molecule has 6 nitrogen and oxygen atoms in total. The number of hydrogen-bond acceptors (Lipinski definition) is 5. The lowest BCUT2D eigenvalue weighted by atomic mass is 9.80. The van der Waals surface area contributed by atoms with Crippen LogP contribution >= 0.6 is 0 Å².